The number of aliphatic hydroxyl groups excluding tert-OH is 1. The number of guanidine groups is 1. The van der Waals surface area contributed by atoms with Crippen LogP contribution in [0.1, 0.15) is 37.5 Å². The molecule has 0 aromatic heterocycles. The molecule has 0 amide bonds. The summed E-state index contributed by atoms with van der Waals surface area (Å²) in [5.74, 6) is 1.98. The van der Waals surface area contributed by atoms with Gasteiger partial charge in [0.1, 0.15) is 11.5 Å². The van der Waals surface area contributed by atoms with Crippen molar-refractivity contribution in [3.63, 3.8) is 0 Å². The van der Waals surface area contributed by atoms with Gasteiger partial charge in [-0.2, -0.15) is 0 Å². The minimum atomic E-state index is -0.755. The lowest BCUT2D eigenvalue weighted by Gasteiger charge is -2.19. The molecule has 2 rings (SSSR count). The van der Waals surface area contributed by atoms with E-state index in [9.17, 15) is 5.11 Å². The van der Waals surface area contributed by atoms with Crippen molar-refractivity contribution in [2.75, 3.05) is 27.3 Å². The van der Waals surface area contributed by atoms with Gasteiger partial charge in [-0.15, -0.1) is 0 Å². The maximum absolute atomic E-state index is 10.6. The quantitative estimate of drug-likeness (QED) is 0.422. The standard InChI is InChI=1S/C23H33N3O3/c1-5-24-23(26-17(2)11-12-18-9-7-6-8-10-18)25-16-22(27)19-13-20(28-3)15-21(14-19)29-4/h6-10,13-15,17,22,27H,5,11-12,16H2,1-4H3,(H2,24,25,26). The highest BCUT2D eigenvalue weighted by Crippen LogP contribution is 2.26. The van der Waals surface area contributed by atoms with Gasteiger partial charge in [-0.3, -0.25) is 4.99 Å². The van der Waals surface area contributed by atoms with Crippen LogP contribution < -0.4 is 20.1 Å². The molecule has 0 radical (unpaired) electrons. The van der Waals surface area contributed by atoms with Gasteiger partial charge in [0.05, 0.1) is 26.9 Å². The number of rotatable bonds is 10. The van der Waals surface area contributed by atoms with Crippen molar-refractivity contribution in [3.05, 3.63) is 59.7 Å². The molecule has 6 nitrogen and oxygen atoms in total. The molecule has 0 bridgehead atoms. The molecule has 2 atom stereocenters. The number of benzene rings is 2. The summed E-state index contributed by atoms with van der Waals surface area (Å²) in [6.45, 7) is 5.14. The van der Waals surface area contributed by atoms with E-state index in [2.05, 4.69) is 46.8 Å². The average Bonchev–Trinajstić information content (AvgIpc) is 2.76. The molecule has 29 heavy (non-hydrogen) atoms. The van der Waals surface area contributed by atoms with E-state index in [4.69, 9.17) is 9.47 Å². The van der Waals surface area contributed by atoms with Gasteiger partial charge in [-0.05, 0) is 49.9 Å². The summed E-state index contributed by atoms with van der Waals surface area (Å²) in [7, 11) is 3.18. The number of methoxy groups -OCH3 is 2. The third-order valence-electron chi connectivity index (χ3n) is 4.62. The first-order valence-corrected chi connectivity index (χ1v) is 10.1. The predicted octanol–water partition coefficient (Wildman–Crippen LogP) is 3.31. The fourth-order valence-electron chi connectivity index (χ4n) is 2.96. The van der Waals surface area contributed by atoms with Gasteiger partial charge in [-0.1, -0.05) is 30.3 Å². The van der Waals surface area contributed by atoms with Crippen molar-refractivity contribution >= 4 is 5.96 Å². The van der Waals surface area contributed by atoms with E-state index < -0.39 is 6.10 Å². The van der Waals surface area contributed by atoms with Crippen LogP contribution in [0.2, 0.25) is 0 Å². The first-order chi connectivity index (χ1) is 14.0. The van der Waals surface area contributed by atoms with Crippen LogP contribution in [-0.4, -0.2) is 44.4 Å². The molecule has 3 N–H and O–H groups in total. The minimum absolute atomic E-state index is 0.233. The van der Waals surface area contributed by atoms with E-state index in [0.29, 0.717) is 23.0 Å². The first kappa shape index (κ1) is 22.6. The third-order valence-corrected chi connectivity index (χ3v) is 4.62. The number of ether oxygens (including phenoxy) is 2. The summed E-state index contributed by atoms with van der Waals surface area (Å²) in [6, 6.07) is 16.1. The molecule has 0 fully saturated rings. The zero-order chi connectivity index (χ0) is 21.1. The summed E-state index contributed by atoms with van der Waals surface area (Å²) in [6.07, 6.45) is 1.24. The lowest BCUT2D eigenvalue weighted by Crippen LogP contribution is -2.42. The second kappa shape index (κ2) is 12.0. The van der Waals surface area contributed by atoms with Crippen LogP contribution in [0.4, 0.5) is 0 Å². The van der Waals surface area contributed by atoms with Crippen LogP contribution in [0.3, 0.4) is 0 Å². The van der Waals surface area contributed by atoms with Crippen molar-refractivity contribution in [2.45, 2.75) is 38.8 Å². The Labute approximate surface area is 174 Å². The molecule has 0 aliphatic carbocycles. The molecule has 2 unspecified atom stereocenters. The molecule has 158 valence electrons. The second-order valence-electron chi connectivity index (χ2n) is 6.95. The smallest absolute Gasteiger partial charge is 0.191 e. The van der Waals surface area contributed by atoms with Crippen LogP contribution >= 0.6 is 0 Å². The topological polar surface area (TPSA) is 75.1 Å². The van der Waals surface area contributed by atoms with Gasteiger partial charge in [-0.25, -0.2) is 0 Å². The zero-order valence-corrected chi connectivity index (χ0v) is 17.8. The number of hydrogen-bond acceptors (Lipinski definition) is 4. The number of hydrogen-bond donors (Lipinski definition) is 3. The van der Waals surface area contributed by atoms with Gasteiger partial charge in [0.2, 0.25) is 0 Å². The summed E-state index contributed by atoms with van der Waals surface area (Å²) in [5, 5.41) is 17.3. The van der Waals surface area contributed by atoms with E-state index in [-0.39, 0.29) is 12.6 Å². The number of nitrogens with one attached hydrogen (secondary N) is 2. The van der Waals surface area contributed by atoms with Crippen molar-refractivity contribution in [3.8, 4) is 11.5 Å². The number of aryl methyl sites for hydroxylation is 1. The summed E-state index contributed by atoms with van der Waals surface area (Å²) in [5.41, 5.74) is 2.03. The Morgan fingerprint density at radius 2 is 1.72 bits per heavy atom. The molecule has 0 spiro atoms. The van der Waals surface area contributed by atoms with E-state index >= 15 is 0 Å². The molecule has 2 aromatic rings. The highest BCUT2D eigenvalue weighted by atomic mass is 16.5. The van der Waals surface area contributed by atoms with Crippen molar-refractivity contribution in [1.82, 2.24) is 10.6 Å². The van der Waals surface area contributed by atoms with Gasteiger partial charge >= 0.3 is 0 Å². The molecular weight excluding hydrogens is 366 g/mol. The Morgan fingerprint density at radius 3 is 2.31 bits per heavy atom. The van der Waals surface area contributed by atoms with Gasteiger partial charge in [0.25, 0.3) is 0 Å². The van der Waals surface area contributed by atoms with Gasteiger partial charge in [0.15, 0.2) is 5.96 Å². The maximum Gasteiger partial charge on any atom is 0.191 e. The molecule has 0 saturated heterocycles. The van der Waals surface area contributed by atoms with Crippen molar-refractivity contribution < 1.29 is 14.6 Å². The highest BCUT2D eigenvalue weighted by molar-refractivity contribution is 5.80. The lowest BCUT2D eigenvalue weighted by atomic mass is 10.1. The zero-order valence-electron chi connectivity index (χ0n) is 17.8. The average molecular weight is 400 g/mol. The van der Waals surface area contributed by atoms with Crippen LogP contribution in [0.5, 0.6) is 11.5 Å². The van der Waals surface area contributed by atoms with Crippen LogP contribution in [0.15, 0.2) is 53.5 Å². The molecule has 2 aromatic carbocycles. The fraction of sp³-hybridized carbons (Fsp3) is 0.435. The Bertz CT molecular complexity index is 743. The van der Waals surface area contributed by atoms with Crippen LogP contribution in [0, 0.1) is 0 Å². The Balaban J connectivity index is 1.96. The molecule has 6 heteroatoms. The SMILES string of the molecule is CCNC(=NCC(O)c1cc(OC)cc(OC)c1)NC(C)CCc1ccccc1. The summed E-state index contributed by atoms with van der Waals surface area (Å²) < 4.78 is 10.6. The van der Waals surface area contributed by atoms with E-state index in [1.54, 1.807) is 32.4 Å². The Morgan fingerprint density at radius 1 is 1.07 bits per heavy atom. The molecule has 0 heterocycles. The Hall–Kier alpha value is -2.73. The Kier molecular flexibility index (Phi) is 9.31. The van der Waals surface area contributed by atoms with Gasteiger partial charge in [0, 0.05) is 18.7 Å². The third kappa shape index (κ3) is 7.66. The fourth-order valence-corrected chi connectivity index (χ4v) is 2.96. The lowest BCUT2D eigenvalue weighted by molar-refractivity contribution is 0.186. The van der Waals surface area contributed by atoms with Crippen molar-refractivity contribution in [2.24, 2.45) is 4.99 Å². The monoisotopic (exact) mass is 399 g/mol. The first-order valence-electron chi connectivity index (χ1n) is 10.1. The number of aliphatic hydroxyl groups is 1. The normalized spacial score (nSPS) is 13.5. The molecule has 0 aliphatic heterocycles. The van der Waals surface area contributed by atoms with E-state index in [1.165, 1.54) is 5.56 Å². The van der Waals surface area contributed by atoms with Gasteiger partial charge < -0.3 is 25.2 Å². The van der Waals surface area contributed by atoms with E-state index in [0.717, 1.165) is 19.4 Å². The summed E-state index contributed by atoms with van der Waals surface area (Å²) >= 11 is 0. The minimum Gasteiger partial charge on any atom is -0.497 e. The molecule has 0 saturated carbocycles. The summed E-state index contributed by atoms with van der Waals surface area (Å²) in [4.78, 5) is 4.56. The number of nitrogens with zero attached hydrogens (tertiary/aromatic N) is 1. The van der Waals surface area contributed by atoms with E-state index in [1.807, 2.05) is 13.0 Å². The number of aliphatic imine (C=N–C) groups is 1. The van der Waals surface area contributed by atoms with Crippen molar-refractivity contribution in [1.29, 1.82) is 0 Å². The maximum atomic E-state index is 10.6. The van der Waals surface area contributed by atoms with Crippen LogP contribution in [0.25, 0.3) is 0 Å². The predicted molar refractivity (Wildman–Crippen MR) is 118 cm³/mol. The molecule has 0 aliphatic rings. The largest absolute Gasteiger partial charge is 0.497 e. The molecular formula is C23H33N3O3. The highest BCUT2D eigenvalue weighted by Gasteiger charge is 2.12. The second-order valence-corrected chi connectivity index (χ2v) is 6.95. The van der Waals surface area contributed by atoms with Crippen LogP contribution in [-0.2, 0) is 6.42 Å².